The van der Waals surface area contributed by atoms with Gasteiger partial charge in [0.2, 0.25) is 0 Å². The summed E-state index contributed by atoms with van der Waals surface area (Å²) >= 11 is 0. The number of amides is 1. The highest BCUT2D eigenvalue weighted by molar-refractivity contribution is 6.02. The van der Waals surface area contributed by atoms with E-state index in [9.17, 15) is 4.79 Å². The van der Waals surface area contributed by atoms with E-state index in [1.165, 1.54) is 13.2 Å². The van der Waals surface area contributed by atoms with Gasteiger partial charge in [0.25, 0.3) is 5.91 Å². The topological polar surface area (TPSA) is 71.4 Å². The lowest BCUT2D eigenvalue weighted by atomic mass is 10.1. The summed E-state index contributed by atoms with van der Waals surface area (Å²) < 4.78 is 10.3. The summed E-state index contributed by atoms with van der Waals surface area (Å²) in [7, 11) is 3.06. The van der Waals surface area contributed by atoms with Crippen molar-refractivity contribution < 1.29 is 14.3 Å². The van der Waals surface area contributed by atoms with Crippen molar-refractivity contribution in [3.63, 3.8) is 0 Å². The molecule has 0 unspecified atom stereocenters. The molecule has 0 aliphatic rings. The zero-order chi connectivity index (χ0) is 15.0. The molecule has 0 radical (unpaired) electrons. The number of carbonyl (C=O) groups is 1. The summed E-state index contributed by atoms with van der Waals surface area (Å²) in [5, 5.41) is 11.6. The van der Waals surface area contributed by atoms with Gasteiger partial charge in [-0.05, 0) is 18.2 Å². The fourth-order valence-electron chi connectivity index (χ4n) is 1.50. The average Bonchev–Trinajstić information content (AvgIpc) is 2.50. The lowest BCUT2D eigenvalue weighted by molar-refractivity contribution is -0.116. The molecular weight excluding hydrogens is 256 g/mol. The number of ether oxygens (including phenoxy) is 2. The van der Waals surface area contributed by atoms with Gasteiger partial charge in [-0.3, -0.25) is 4.79 Å². The molecule has 0 aromatic heterocycles. The molecule has 1 aromatic rings. The van der Waals surface area contributed by atoms with Crippen LogP contribution in [0.5, 0.6) is 11.5 Å². The number of nitrogens with one attached hydrogen (secondary N) is 1. The summed E-state index contributed by atoms with van der Waals surface area (Å²) in [5.74, 6) is 0.701. The maximum absolute atomic E-state index is 11.7. The quantitative estimate of drug-likeness (QED) is 0.488. The molecule has 1 rings (SSSR count). The monoisotopic (exact) mass is 272 g/mol. The predicted molar refractivity (Wildman–Crippen MR) is 76.3 cm³/mol. The number of nitriles is 1. The molecule has 104 valence electrons. The zero-order valence-electron chi connectivity index (χ0n) is 11.5. The zero-order valence-corrected chi connectivity index (χ0v) is 11.5. The molecule has 20 heavy (non-hydrogen) atoms. The third kappa shape index (κ3) is 3.89. The normalized spacial score (nSPS) is 10.3. The van der Waals surface area contributed by atoms with Crippen LogP contribution in [0.1, 0.15) is 5.56 Å². The minimum Gasteiger partial charge on any atom is -0.497 e. The number of nitrogens with zero attached hydrogens (tertiary/aromatic N) is 1. The molecular formula is C15H16N2O3. The number of rotatable bonds is 6. The first-order valence-electron chi connectivity index (χ1n) is 5.89. The lowest BCUT2D eigenvalue weighted by Crippen LogP contribution is -2.24. The number of carbonyl (C=O) groups excluding carboxylic acids is 1. The Morgan fingerprint density at radius 3 is 2.75 bits per heavy atom. The number of methoxy groups -OCH3 is 2. The van der Waals surface area contributed by atoms with Crippen LogP contribution in [-0.2, 0) is 4.79 Å². The summed E-state index contributed by atoms with van der Waals surface area (Å²) in [6.07, 6.45) is 3.01. The van der Waals surface area contributed by atoms with Crippen molar-refractivity contribution in [2.24, 2.45) is 0 Å². The maximum atomic E-state index is 11.7. The van der Waals surface area contributed by atoms with Gasteiger partial charge in [0.1, 0.15) is 23.1 Å². The van der Waals surface area contributed by atoms with E-state index in [1.54, 1.807) is 31.4 Å². The minimum absolute atomic E-state index is 0.00434. The van der Waals surface area contributed by atoms with E-state index in [-0.39, 0.29) is 5.57 Å². The molecule has 1 N–H and O–H groups in total. The molecule has 5 nitrogen and oxygen atoms in total. The second-order valence-corrected chi connectivity index (χ2v) is 3.78. The fourth-order valence-corrected chi connectivity index (χ4v) is 1.50. The summed E-state index contributed by atoms with van der Waals surface area (Å²) in [6, 6.07) is 7.00. The van der Waals surface area contributed by atoms with Crippen LogP contribution in [0.4, 0.5) is 0 Å². The van der Waals surface area contributed by atoms with Crippen LogP contribution in [0.25, 0.3) is 6.08 Å². The van der Waals surface area contributed by atoms with Crippen LogP contribution in [0.2, 0.25) is 0 Å². The second kappa shape index (κ2) is 7.64. The summed E-state index contributed by atoms with van der Waals surface area (Å²) in [5.41, 5.74) is 0.619. The van der Waals surface area contributed by atoms with Gasteiger partial charge in [-0.2, -0.15) is 5.26 Å². The molecule has 0 fully saturated rings. The molecule has 0 aliphatic carbocycles. The first-order valence-corrected chi connectivity index (χ1v) is 5.89. The van der Waals surface area contributed by atoms with E-state index in [4.69, 9.17) is 14.7 Å². The molecule has 0 atom stereocenters. The SMILES string of the molecule is C=CCNC(=O)/C(C#N)=C/c1ccc(OC)cc1OC. The highest BCUT2D eigenvalue weighted by Gasteiger charge is 2.10. The van der Waals surface area contributed by atoms with E-state index in [2.05, 4.69) is 11.9 Å². The van der Waals surface area contributed by atoms with Crippen LogP contribution in [0, 0.1) is 11.3 Å². The van der Waals surface area contributed by atoms with Crippen molar-refractivity contribution in [2.45, 2.75) is 0 Å². The van der Waals surface area contributed by atoms with E-state index < -0.39 is 5.91 Å². The van der Waals surface area contributed by atoms with E-state index in [0.717, 1.165) is 0 Å². The standard InChI is InChI=1S/C15H16N2O3/c1-4-7-17-15(18)12(10-16)8-11-5-6-13(19-2)9-14(11)20-3/h4-6,8-9H,1,7H2,2-3H3,(H,17,18)/b12-8+. The van der Waals surface area contributed by atoms with E-state index in [0.29, 0.717) is 23.6 Å². The lowest BCUT2D eigenvalue weighted by Gasteiger charge is -2.08. The molecule has 1 amide bonds. The number of hydrogen-bond donors (Lipinski definition) is 1. The van der Waals surface area contributed by atoms with Crippen molar-refractivity contribution in [2.75, 3.05) is 20.8 Å². The number of hydrogen-bond acceptors (Lipinski definition) is 4. The van der Waals surface area contributed by atoms with Crippen molar-refractivity contribution >= 4 is 12.0 Å². The summed E-state index contributed by atoms with van der Waals surface area (Å²) in [4.78, 5) is 11.7. The molecule has 0 aliphatic heterocycles. The molecule has 0 bridgehead atoms. The molecule has 0 saturated heterocycles. The third-order valence-corrected chi connectivity index (χ3v) is 2.51. The first kappa shape index (κ1) is 15.3. The van der Waals surface area contributed by atoms with Crippen LogP contribution in [0.15, 0.2) is 36.4 Å². The molecule has 5 heteroatoms. The van der Waals surface area contributed by atoms with Crippen LogP contribution < -0.4 is 14.8 Å². The van der Waals surface area contributed by atoms with Gasteiger partial charge in [0, 0.05) is 18.2 Å². The van der Waals surface area contributed by atoms with Crippen LogP contribution >= 0.6 is 0 Å². The largest absolute Gasteiger partial charge is 0.497 e. The van der Waals surface area contributed by atoms with Crippen molar-refractivity contribution in [3.05, 3.63) is 42.0 Å². The Hall–Kier alpha value is -2.74. The maximum Gasteiger partial charge on any atom is 0.262 e. The Morgan fingerprint density at radius 1 is 1.45 bits per heavy atom. The number of benzene rings is 1. The Kier molecular flexibility index (Phi) is 5.85. The van der Waals surface area contributed by atoms with Gasteiger partial charge < -0.3 is 14.8 Å². The predicted octanol–water partition coefficient (Wildman–Crippen LogP) is 1.91. The highest BCUT2D eigenvalue weighted by Crippen LogP contribution is 2.26. The molecule has 0 spiro atoms. The van der Waals surface area contributed by atoms with Crippen molar-refractivity contribution in [1.82, 2.24) is 5.32 Å². The van der Waals surface area contributed by atoms with Gasteiger partial charge in [-0.1, -0.05) is 6.08 Å². The van der Waals surface area contributed by atoms with Gasteiger partial charge >= 0.3 is 0 Å². The summed E-state index contributed by atoms with van der Waals surface area (Å²) in [6.45, 7) is 3.80. The Bertz CT molecular complexity index is 571. The van der Waals surface area contributed by atoms with E-state index >= 15 is 0 Å². The van der Waals surface area contributed by atoms with Gasteiger partial charge in [0.05, 0.1) is 14.2 Å². The second-order valence-electron chi connectivity index (χ2n) is 3.78. The highest BCUT2D eigenvalue weighted by atomic mass is 16.5. The smallest absolute Gasteiger partial charge is 0.262 e. The Labute approximate surface area is 118 Å². The van der Waals surface area contributed by atoms with Crippen molar-refractivity contribution in [3.8, 4) is 17.6 Å². The van der Waals surface area contributed by atoms with E-state index in [1.807, 2.05) is 6.07 Å². The minimum atomic E-state index is -0.453. The average molecular weight is 272 g/mol. The van der Waals surface area contributed by atoms with Crippen LogP contribution in [-0.4, -0.2) is 26.7 Å². The van der Waals surface area contributed by atoms with Gasteiger partial charge in [-0.25, -0.2) is 0 Å². The molecule has 0 saturated carbocycles. The Balaban J connectivity index is 3.09. The van der Waals surface area contributed by atoms with Crippen LogP contribution in [0.3, 0.4) is 0 Å². The molecule has 0 heterocycles. The molecule has 1 aromatic carbocycles. The fraction of sp³-hybridized carbons (Fsp3) is 0.200. The van der Waals surface area contributed by atoms with Gasteiger partial charge in [0.15, 0.2) is 0 Å². The Morgan fingerprint density at radius 2 is 2.20 bits per heavy atom. The first-order chi connectivity index (χ1) is 9.65. The van der Waals surface area contributed by atoms with Gasteiger partial charge in [-0.15, -0.1) is 6.58 Å². The third-order valence-electron chi connectivity index (χ3n) is 2.51. The van der Waals surface area contributed by atoms with Crippen molar-refractivity contribution in [1.29, 1.82) is 5.26 Å².